The Balaban J connectivity index is 2.07. The van der Waals surface area contributed by atoms with Crippen molar-refractivity contribution in [1.29, 1.82) is 0 Å². The summed E-state index contributed by atoms with van der Waals surface area (Å²) in [5.41, 5.74) is 5.51. The van der Waals surface area contributed by atoms with Gasteiger partial charge in [0.05, 0.1) is 11.8 Å². The maximum absolute atomic E-state index is 13.7. The molecule has 2 nitrogen and oxygen atoms in total. The Kier molecular flexibility index (Phi) is 3.85. The number of halogens is 3. The minimum atomic E-state index is -2.73. The van der Waals surface area contributed by atoms with Crippen LogP contribution in [0.1, 0.15) is 11.5 Å². The van der Waals surface area contributed by atoms with E-state index in [4.69, 9.17) is 5.73 Å². The third-order valence-electron chi connectivity index (χ3n) is 3.03. The Morgan fingerprint density at radius 1 is 1.26 bits per heavy atom. The zero-order chi connectivity index (χ0) is 14.0. The van der Waals surface area contributed by atoms with Crippen LogP contribution in [0.4, 0.5) is 8.78 Å². The average Bonchev–Trinajstić information content (AvgIpc) is 2.88. The van der Waals surface area contributed by atoms with Crippen LogP contribution in [0.25, 0.3) is 0 Å². The molecule has 1 amide bonds. The second-order valence-corrected chi connectivity index (χ2v) is 5.29. The molecule has 2 N–H and O–H groups in total. The number of rotatable bonds is 4. The van der Waals surface area contributed by atoms with Crippen LogP contribution < -0.4 is 5.73 Å². The van der Waals surface area contributed by atoms with Gasteiger partial charge in [-0.15, -0.1) is 0 Å². The molecule has 1 aliphatic rings. The number of benzene rings is 1. The molecule has 0 saturated heterocycles. The van der Waals surface area contributed by atoms with E-state index in [1.807, 2.05) is 0 Å². The van der Waals surface area contributed by atoms with Gasteiger partial charge in [0.15, 0.2) is 0 Å². The SMILES string of the molecule is NC(=O)/C=C/C=C/C1C(c2ccc(Br)cc2)C1(F)F. The summed E-state index contributed by atoms with van der Waals surface area (Å²) in [6, 6.07) is 6.88. The van der Waals surface area contributed by atoms with E-state index >= 15 is 0 Å². The third kappa shape index (κ3) is 3.10. The predicted molar refractivity (Wildman–Crippen MR) is 72.8 cm³/mol. The van der Waals surface area contributed by atoms with Gasteiger partial charge in [0, 0.05) is 10.5 Å². The molecule has 2 rings (SSSR count). The number of allylic oxidation sites excluding steroid dienone is 3. The lowest BCUT2D eigenvalue weighted by Crippen LogP contribution is -2.04. The second-order valence-electron chi connectivity index (χ2n) is 4.38. The van der Waals surface area contributed by atoms with Crippen molar-refractivity contribution < 1.29 is 13.6 Å². The quantitative estimate of drug-likeness (QED) is 0.668. The Morgan fingerprint density at radius 3 is 2.47 bits per heavy atom. The van der Waals surface area contributed by atoms with Gasteiger partial charge in [0.25, 0.3) is 5.92 Å². The van der Waals surface area contributed by atoms with Gasteiger partial charge in [-0.05, 0) is 17.7 Å². The smallest absolute Gasteiger partial charge is 0.262 e. The molecule has 0 heterocycles. The minimum absolute atomic E-state index is 0.600. The van der Waals surface area contributed by atoms with E-state index < -0.39 is 23.7 Å². The normalized spacial score (nSPS) is 25.0. The van der Waals surface area contributed by atoms with Crippen LogP contribution in [0, 0.1) is 5.92 Å². The lowest BCUT2D eigenvalue weighted by molar-refractivity contribution is -0.113. The van der Waals surface area contributed by atoms with Gasteiger partial charge in [0.1, 0.15) is 0 Å². The maximum atomic E-state index is 13.7. The van der Waals surface area contributed by atoms with Crippen LogP contribution in [0.2, 0.25) is 0 Å². The number of hydrogen-bond donors (Lipinski definition) is 1. The largest absolute Gasteiger partial charge is 0.366 e. The molecule has 0 aliphatic heterocycles. The first-order valence-corrected chi connectivity index (χ1v) is 6.50. The number of primary amides is 1. The van der Waals surface area contributed by atoms with Crippen molar-refractivity contribution >= 4 is 21.8 Å². The van der Waals surface area contributed by atoms with Crippen molar-refractivity contribution in [2.24, 2.45) is 11.7 Å². The lowest BCUT2D eigenvalue weighted by Gasteiger charge is -1.98. The molecule has 0 radical (unpaired) electrons. The van der Waals surface area contributed by atoms with Gasteiger partial charge in [-0.2, -0.15) is 0 Å². The van der Waals surface area contributed by atoms with Crippen LogP contribution in [-0.4, -0.2) is 11.8 Å². The summed E-state index contributed by atoms with van der Waals surface area (Å²) in [7, 11) is 0. The second kappa shape index (κ2) is 5.25. The van der Waals surface area contributed by atoms with E-state index in [0.717, 1.165) is 10.5 Å². The first-order valence-electron chi connectivity index (χ1n) is 5.70. The molecule has 1 aromatic rings. The van der Waals surface area contributed by atoms with Crippen LogP contribution in [-0.2, 0) is 4.79 Å². The summed E-state index contributed by atoms with van der Waals surface area (Å²) in [5, 5.41) is 0. The summed E-state index contributed by atoms with van der Waals surface area (Å²) in [6.07, 6.45) is 5.34. The fourth-order valence-corrected chi connectivity index (χ4v) is 2.29. The van der Waals surface area contributed by atoms with Gasteiger partial charge >= 0.3 is 0 Å². The molecule has 19 heavy (non-hydrogen) atoms. The minimum Gasteiger partial charge on any atom is -0.366 e. The first kappa shape index (κ1) is 13.9. The topological polar surface area (TPSA) is 43.1 Å². The summed E-state index contributed by atoms with van der Waals surface area (Å²) < 4.78 is 28.2. The molecule has 5 heteroatoms. The summed E-state index contributed by atoms with van der Waals surface area (Å²) in [5.74, 6) is -4.95. The van der Waals surface area contributed by atoms with E-state index in [2.05, 4.69) is 15.9 Å². The fraction of sp³-hybridized carbons (Fsp3) is 0.214. The highest BCUT2D eigenvalue weighted by atomic mass is 79.9. The number of carbonyl (C=O) groups excluding carboxylic acids is 1. The molecular weight excluding hydrogens is 316 g/mol. The first-order chi connectivity index (χ1) is 8.93. The van der Waals surface area contributed by atoms with Gasteiger partial charge in [-0.25, -0.2) is 8.78 Å². The Labute approximate surface area is 118 Å². The van der Waals surface area contributed by atoms with E-state index in [9.17, 15) is 13.6 Å². The Bertz CT molecular complexity index is 537. The zero-order valence-corrected chi connectivity index (χ0v) is 11.5. The Hall–Kier alpha value is -1.49. The molecule has 2 atom stereocenters. The van der Waals surface area contributed by atoms with Crippen molar-refractivity contribution in [1.82, 2.24) is 0 Å². The maximum Gasteiger partial charge on any atom is 0.262 e. The lowest BCUT2D eigenvalue weighted by atomic mass is 10.1. The van der Waals surface area contributed by atoms with Crippen molar-refractivity contribution in [3.63, 3.8) is 0 Å². The molecule has 1 aliphatic carbocycles. The van der Waals surface area contributed by atoms with Gasteiger partial charge in [-0.3, -0.25) is 4.79 Å². The number of carbonyl (C=O) groups is 1. The summed E-state index contributed by atoms with van der Waals surface area (Å²) >= 11 is 3.27. The molecule has 0 bridgehead atoms. The number of hydrogen-bond acceptors (Lipinski definition) is 1. The van der Waals surface area contributed by atoms with Crippen molar-refractivity contribution in [2.75, 3.05) is 0 Å². The van der Waals surface area contributed by atoms with Crippen LogP contribution >= 0.6 is 15.9 Å². The number of amides is 1. The van der Waals surface area contributed by atoms with Crippen molar-refractivity contribution in [3.8, 4) is 0 Å². The number of nitrogens with two attached hydrogens (primary N) is 1. The standard InChI is InChI=1S/C14H12BrF2NO/c15-10-7-5-9(6-8-10)13-11(14(13,16)17)3-1-2-4-12(18)19/h1-8,11,13H,(H2,18,19)/b3-1+,4-2+. The molecular formula is C14H12BrF2NO. The van der Waals surface area contributed by atoms with Crippen molar-refractivity contribution in [3.05, 3.63) is 58.6 Å². The molecule has 0 aromatic heterocycles. The average molecular weight is 328 g/mol. The van der Waals surface area contributed by atoms with Crippen LogP contribution in [0.3, 0.4) is 0 Å². The van der Waals surface area contributed by atoms with Gasteiger partial charge < -0.3 is 5.73 Å². The predicted octanol–water partition coefficient (Wildman–Crippen LogP) is 3.40. The summed E-state index contributed by atoms with van der Waals surface area (Å²) in [6.45, 7) is 0. The van der Waals surface area contributed by atoms with Crippen LogP contribution in [0.5, 0.6) is 0 Å². The molecule has 1 saturated carbocycles. The zero-order valence-electron chi connectivity index (χ0n) is 9.89. The van der Waals surface area contributed by atoms with E-state index in [-0.39, 0.29) is 0 Å². The van der Waals surface area contributed by atoms with Crippen molar-refractivity contribution in [2.45, 2.75) is 11.8 Å². The molecule has 1 aromatic carbocycles. The van der Waals surface area contributed by atoms with E-state index in [0.29, 0.717) is 5.56 Å². The highest BCUT2D eigenvalue weighted by Crippen LogP contribution is 2.62. The highest BCUT2D eigenvalue weighted by Gasteiger charge is 2.67. The van der Waals surface area contributed by atoms with Crippen LogP contribution in [0.15, 0.2) is 53.0 Å². The Morgan fingerprint density at radius 2 is 1.89 bits per heavy atom. The molecule has 100 valence electrons. The van der Waals surface area contributed by atoms with Gasteiger partial charge in [0.2, 0.25) is 5.91 Å². The van der Waals surface area contributed by atoms with E-state index in [1.165, 1.54) is 18.2 Å². The monoisotopic (exact) mass is 327 g/mol. The third-order valence-corrected chi connectivity index (χ3v) is 3.56. The molecule has 1 fully saturated rings. The highest BCUT2D eigenvalue weighted by molar-refractivity contribution is 9.10. The van der Waals surface area contributed by atoms with E-state index in [1.54, 1.807) is 24.3 Å². The summed E-state index contributed by atoms with van der Waals surface area (Å²) in [4.78, 5) is 10.5. The molecule has 0 spiro atoms. The van der Waals surface area contributed by atoms with Gasteiger partial charge in [-0.1, -0.05) is 46.3 Å². The number of alkyl halides is 2. The fourth-order valence-electron chi connectivity index (χ4n) is 2.02. The molecule has 2 unspecified atom stereocenters.